The molecule has 2 nitrogen and oxygen atoms in total. The summed E-state index contributed by atoms with van der Waals surface area (Å²) in [6.07, 6.45) is 3.33. The molecule has 1 N–H and O–H groups in total. The summed E-state index contributed by atoms with van der Waals surface area (Å²) >= 11 is 0. The van der Waals surface area contributed by atoms with Crippen molar-refractivity contribution < 1.29 is 4.42 Å². The van der Waals surface area contributed by atoms with Crippen molar-refractivity contribution in [1.82, 2.24) is 5.32 Å². The maximum Gasteiger partial charge on any atom is 0.134 e. The van der Waals surface area contributed by atoms with Gasteiger partial charge in [-0.3, -0.25) is 0 Å². The number of benzene rings is 2. The second-order valence-corrected chi connectivity index (χ2v) is 5.41. The van der Waals surface area contributed by atoms with E-state index in [4.69, 9.17) is 4.42 Å². The van der Waals surface area contributed by atoms with Crippen molar-refractivity contribution in [3.63, 3.8) is 0 Å². The molecule has 0 bridgehead atoms. The average Bonchev–Trinajstić information content (AvgIpc) is 2.96. The molecule has 0 aliphatic heterocycles. The molecular formula is C19H21NO. The summed E-state index contributed by atoms with van der Waals surface area (Å²) in [5.74, 6) is 1.03. The zero-order chi connectivity index (χ0) is 14.5. The van der Waals surface area contributed by atoms with E-state index in [1.54, 1.807) is 0 Å². The Hall–Kier alpha value is -2.06. The molecule has 0 fully saturated rings. The molecule has 0 aliphatic carbocycles. The molecule has 21 heavy (non-hydrogen) atoms. The standard InChI is InChI=1S/C19H21NO/c1-20-17(12-7-10-15-8-3-2-4-9-15)19-14-16-11-5-6-13-18(16)21-19/h2-6,8-9,11,13-14,17,20H,7,10,12H2,1H3. The second-order valence-electron chi connectivity index (χ2n) is 5.41. The maximum absolute atomic E-state index is 5.96. The molecule has 1 aromatic heterocycles. The Bertz CT molecular complexity index is 654. The van der Waals surface area contributed by atoms with Crippen LogP contribution in [0.2, 0.25) is 0 Å². The molecule has 0 radical (unpaired) electrons. The Balaban J connectivity index is 1.64. The molecule has 108 valence electrons. The molecule has 0 aliphatic rings. The van der Waals surface area contributed by atoms with E-state index in [1.807, 2.05) is 25.2 Å². The summed E-state index contributed by atoms with van der Waals surface area (Å²) in [6.45, 7) is 0. The van der Waals surface area contributed by atoms with Crippen LogP contribution in [0.25, 0.3) is 11.0 Å². The third-order valence-electron chi connectivity index (χ3n) is 3.94. The van der Waals surface area contributed by atoms with Crippen LogP contribution in [0.4, 0.5) is 0 Å². The van der Waals surface area contributed by atoms with Crippen LogP contribution in [0, 0.1) is 0 Å². The minimum absolute atomic E-state index is 0.279. The van der Waals surface area contributed by atoms with Crippen molar-refractivity contribution in [1.29, 1.82) is 0 Å². The van der Waals surface area contributed by atoms with Gasteiger partial charge < -0.3 is 9.73 Å². The fourth-order valence-electron chi connectivity index (χ4n) is 2.76. The number of aryl methyl sites for hydroxylation is 1. The van der Waals surface area contributed by atoms with Crippen LogP contribution in [0.1, 0.15) is 30.2 Å². The van der Waals surface area contributed by atoms with E-state index in [1.165, 1.54) is 10.9 Å². The smallest absolute Gasteiger partial charge is 0.134 e. The van der Waals surface area contributed by atoms with Gasteiger partial charge >= 0.3 is 0 Å². The number of rotatable bonds is 6. The van der Waals surface area contributed by atoms with E-state index < -0.39 is 0 Å². The second kappa shape index (κ2) is 6.59. The van der Waals surface area contributed by atoms with Crippen molar-refractivity contribution in [2.24, 2.45) is 0 Å². The quantitative estimate of drug-likeness (QED) is 0.706. The lowest BCUT2D eigenvalue weighted by atomic mass is 10.0. The minimum Gasteiger partial charge on any atom is -0.459 e. The normalized spacial score (nSPS) is 12.6. The van der Waals surface area contributed by atoms with E-state index in [0.717, 1.165) is 30.6 Å². The first-order chi connectivity index (χ1) is 10.4. The van der Waals surface area contributed by atoms with Crippen molar-refractivity contribution in [3.05, 3.63) is 72.0 Å². The van der Waals surface area contributed by atoms with Crippen molar-refractivity contribution in [2.45, 2.75) is 25.3 Å². The van der Waals surface area contributed by atoms with Gasteiger partial charge in [0, 0.05) is 5.39 Å². The monoisotopic (exact) mass is 279 g/mol. The SMILES string of the molecule is CNC(CCCc1ccccc1)c1cc2ccccc2o1. The molecule has 0 amide bonds. The molecule has 2 heteroatoms. The van der Waals surface area contributed by atoms with Gasteiger partial charge in [0.05, 0.1) is 6.04 Å². The third kappa shape index (κ3) is 3.34. The summed E-state index contributed by atoms with van der Waals surface area (Å²) in [5, 5.41) is 4.55. The Morgan fingerprint density at radius 1 is 1.00 bits per heavy atom. The highest BCUT2D eigenvalue weighted by molar-refractivity contribution is 5.77. The summed E-state index contributed by atoms with van der Waals surface area (Å²) in [5.41, 5.74) is 2.37. The summed E-state index contributed by atoms with van der Waals surface area (Å²) < 4.78 is 5.96. The molecule has 0 saturated carbocycles. The van der Waals surface area contributed by atoms with Crippen LogP contribution in [0.3, 0.4) is 0 Å². The molecule has 0 spiro atoms. The van der Waals surface area contributed by atoms with Crippen LogP contribution < -0.4 is 5.32 Å². The topological polar surface area (TPSA) is 25.2 Å². The van der Waals surface area contributed by atoms with Gasteiger partial charge in [-0.15, -0.1) is 0 Å². The highest BCUT2D eigenvalue weighted by atomic mass is 16.3. The van der Waals surface area contributed by atoms with E-state index >= 15 is 0 Å². The zero-order valence-corrected chi connectivity index (χ0v) is 12.4. The van der Waals surface area contributed by atoms with Gasteiger partial charge in [0.2, 0.25) is 0 Å². The largest absolute Gasteiger partial charge is 0.459 e. The minimum atomic E-state index is 0.279. The Kier molecular flexibility index (Phi) is 4.37. The highest BCUT2D eigenvalue weighted by Gasteiger charge is 2.14. The van der Waals surface area contributed by atoms with Crippen molar-refractivity contribution in [2.75, 3.05) is 7.05 Å². The molecule has 2 aromatic carbocycles. The van der Waals surface area contributed by atoms with E-state index in [0.29, 0.717) is 0 Å². The molecule has 3 aromatic rings. The molecule has 0 saturated heterocycles. The number of furan rings is 1. The molecule has 1 unspecified atom stereocenters. The first-order valence-corrected chi connectivity index (χ1v) is 7.56. The van der Waals surface area contributed by atoms with Gasteiger partial charge in [-0.2, -0.15) is 0 Å². The van der Waals surface area contributed by atoms with Crippen molar-refractivity contribution >= 4 is 11.0 Å². The van der Waals surface area contributed by atoms with Crippen LogP contribution >= 0.6 is 0 Å². The number of hydrogen-bond donors (Lipinski definition) is 1. The van der Waals surface area contributed by atoms with Crippen LogP contribution in [-0.4, -0.2) is 7.05 Å². The van der Waals surface area contributed by atoms with E-state index in [-0.39, 0.29) is 6.04 Å². The first kappa shape index (κ1) is 13.9. The Labute approximate surface area is 125 Å². The third-order valence-corrected chi connectivity index (χ3v) is 3.94. The maximum atomic E-state index is 5.96. The van der Waals surface area contributed by atoms with Crippen LogP contribution in [0.15, 0.2) is 65.1 Å². The fourth-order valence-corrected chi connectivity index (χ4v) is 2.76. The Morgan fingerprint density at radius 2 is 1.76 bits per heavy atom. The molecule has 1 atom stereocenters. The van der Waals surface area contributed by atoms with Gasteiger partial charge in [0.25, 0.3) is 0 Å². The van der Waals surface area contributed by atoms with Gasteiger partial charge in [-0.1, -0.05) is 48.5 Å². The lowest BCUT2D eigenvalue weighted by Crippen LogP contribution is -2.15. The molecule has 1 heterocycles. The summed E-state index contributed by atoms with van der Waals surface area (Å²) in [4.78, 5) is 0. The predicted molar refractivity (Wildman–Crippen MR) is 87.4 cm³/mol. The highest BCUT2D eigenvalue weighted by Crippen LogP contribution is 2.26. The van der Waals surface area contributed by atoms with Gasteiger partial charge in [-0.25, -0.2) is 0 Å². The van der Waals surface area contributed by atoms with Crippen molar-refractivity contribution in [3.8, 4) is 0 Å². The number of nitrogens with one attached hydrogen (secondary N) is 1. The fraction of sp³-hybridized carbons (Fsp3) is 0.263. The lowest BCUT2D eigenvalue weighted by Gasteiger charge is -2.13. The predicted octanol–water partition coefficient (Wildman–Crippen LogP) is 4.72. The average molecular weight is 279 g/mol. The number of hydrogen-bond acceptors (Lipinski definition) is 2. The molecule has 3 rings (SSSR count). The van der Waals surface area contributed by atoms with E-state index in [9.17, 15) is 0 Å². The summed E-state index contributed by atoms with van der Waals surface area (Å²) in [7, 11) is 2.00. The zero-order valence-electron chi connectivity index (χ0n) is 12.4. The number of para-hydroxylation sites is 1. The van der Waals surface area contributed by atoms with Gasteiger partial charge in [0.15, 0.2) is 0 Å². The van der Waals surface area contributed by atoms with Crippen LogP contribution in [0.5, 0.6) is 0 Å². The van der Waals surface area contributed by atoms with Crippen LogP contribution in [-0.2, 0) is 6.42 Å². The molecular weight excluding hydrogens is 258 g/mol. The lowest BCUT2D eigenvalue weighted by molar-refractivity contribution is 0.425. The number of fused-ring (bicyclic) bond motifs is 1. The van der Waals surface area contributed by atoms with Gasteiger partial charge in [0.1, 0.15) is 11.3 Å². The Morgan fingerprint density at radius 3 is 2.52 bits per heavy atom. The summed E-state index contributed by atoms with van der Waals surface area (Å²) in [6, 6.07) is 21.3. The first-order valence-electron chi connectivity index (χ1n) is 7.56. The van der Waals surface area contributed by atoms with Gasteiger partial charge in [-0.05, 0) is 44.0 Å². The van der Waals surface area contributed by atoms with E-state index in [2.05, 4.69) is 47.8 Å².